The molecule has 3 rings (SSSR count). The van der Waals surface area contributed by atoms with Crippen LogP contribution >= 0.6 is 0 Å². The third kappa shape index (κ3) is 6.97. The van der Waals surface area contributed by atoms with E-state index in [-0.39, 0.29) is 11.6 Å². The first-order chi connectivity index (χ1) is 14.2. The zero-order chi connectivity index (χ0) is 20.3. The van der Waals surface area contributed by atoms with Crippen LogP contribution in [-0.2, 0) is 24.4 Å². The minimum Gasteiger partial charge on any atom is -0.467 e. The summed E-state index contributed by atoms with van der Waals surface area (Å²) in [5.41, 5.74) is 1.99. The SMILES string of the molecule is O=C(NCCCOCc1ccco1)NCc1ccc(Cn2ccccc2=O)cc1. The Balaban J connectivity index is 1.30. The summed E-state index contributed by atoms with van der Waals surface area (Å²) in [6, 6.07) is 16.4. The van der Waals surface area contributed by atoms with Crippen molar-refractivity contribution in [3.63, 3.8) is 0 Å². The summed E-state index contributed by atoms with van der Waals surface area (Å²) in [4.78, 5) is 23.6. The van der Waals surface area contributed by atoms with Gasteiger partial charge in [-0.3, -0.25) is 4.79 Å². The molecule has 29 heavy (non-hydrogen) atoms. The van der Waals surface area contributed by atoms with Gasteiger partial charge in [0, 0.05) is 32.0 Å². The Hall–Kier alpha value is -3.32. The Morgan fingerprint density at radius 2 is 1.83 bits per heavy atom. The Labute approximate surface area is 169 Å². The van der Waals surface area contributed by atoms with E-state index >= 15 is 0 Å². The highest BCUT2D eigenvalue weighted by molar-refractivity contribution is 5.73. The quantitative estimate of drug-likeness (QED) is 0.517. The summed E-state index contributed by atoms with van der Waals surface area (Å²) >= 11 is 0. The topological polar surface area (TPSA) is 85.5 Å². The van der Waals surface area contributed by atoms with Crippen LogP contribution in [0.3, 0.4) is 0 Å². The van der Waals surface area contributed by atoms with Crippen LogP contribution in [0.5, 0.6) is 0 Å². The molecule has 2 N–H and O–H groups in total. The second-order valence-corrected chi connectivity index (χ2v) is 6.58. The molecule has 1 aromatic carbocycles. The Morgan fingerprint density at radius 3 is 2.59 bits per heavy atom. The lowest BCUT2D eigenvalue weighted by Crippen LogP contribution is -2.35. The van der Waals surface area contributed by atoms with Crippen LogP contribution < -0.4 is 16.2 Å². The number of furan rings is 1. The van der Waals surface area contributed by atoms with Crippen molar-refractivity contribution in [3.8, 4) is 0 Å². The lowest BCUT2D eigenvalue weighted by atomic mass is 10.1. The number of hydrogen-bond acceptors (Lipinski definition) is 4. The highest BCUT2D eigenvalue weighted by atomic mass is 16.5. The van der Waals surface area contributed by atoms with Gasteiger partial charge in [-0.25, -0.2) is 4.79 Å². The Bertz CT molecular complexity index is 933. The summed E-state index contributed by atoms with van der Waals surface area (Å²) in [5.74, 6) is 0.789. The molecule has 7 nitrogen and oxygen atoms in total. The molecular formula is C22H25N3O4. The number of nitrogens with zero attached hydrogens (tertiary/aromatic N) is 1. The predicted molar refractivity (Wildman–Crippen MR) is 109 cm³/mol. The number of pyridine rings is 1. The number of hydrogen-bond donors (Lipinski definition) is 2. The highest BCUT2D eigenvalue weighted by Gasteiger charge is 2.02. The van der Waals surface area contributed by atoms with E-state index in [1.807, 2.05) is 42.5 Å². The molecule has 2 amide bonds. The number of rotatable bonds is 10. The summed E-state index contributed by atoms with van der Waals surface area (Å²) in [6.45, 7) is 2.48. The largest absolute Gasteiger partial charge is 0.467 e. The summed E-state index contributed by atoms with van der Waals surface area (Å²) in [7, 11) is 0. The van der Waals surface area contributed by atoms with E-state index in [1.54, 1.807) is 29.2 Å². The smallest absolute Gasteiger partial charge is 0.315 e. The molecule has 2 heterocycles. The van der Waals surface area contributed by atoms with Crippen LogP contribution in [-0.4, -0.2) is 23.7 Å². The molecule has 0 spiro atoms. The molecule has 0 aliphatic rings. The average Bonchev–Trinajstić information content (AvgIpc) is 3.25. The number of amides is 2. The van der Waals surface area contributed by atoms with Gasteiger partial charge in [0.05, 0.1) is 12.8 Å². The standard InChI is InChI=1S/C22H25N3O4/c26-21-6-1-2-12-25(21)16-19-9-7-18(8-10-19)15-24-22(27)23-11-4-13-28-17-20-5-3-14-29-20/h1-3,5-10,12,14H,4,11,13,15-17H2,(H2,23,24,27). The maximum absolute atomic E-state index is 11.9. The first-order valence-corrected chi connectivity index (χ1v) is 9.56. The van der Waals surface area contributed by atoms with E-state index in [0.29, 0.717) is 32.8 Å². The van der Waals surface area contributed by atoms with Gasteiger partial charge in [0.1, 0.15) is 12.4 Å². The molecular weight excluding hydrogens is 370 g/mol. The van der Waals surface area contributed by atoms with Gasteiger partial charge in [0.15, 0.2) is 0 Å². The van der Waals surface area contributed by atoms with Crippen LogP contribution in [0.2, 0.25) is 0 Å². The van der Waals surface area contributed by atoms with Gasteiger partial charge in [-0.05, 0) is 35.7 Å². The summed E-state index contributed by atoms with van der Waals surface area (Å²) < 4.78 is 12.3. The van der Waals surface area contributed by atoms with Crippen LogP contribution in [0.25, 0.3) is 0 Å². The minimum atomic E-state index is -0.212. The Kier molecular flexibility index (Phi) is 7.65. The fourth-order valence-corrected chi connectivity index (χ4v) is 2.74. The molecule has 2 aromatic heterocycles. The van der Waals surface area contributed by atoms with Crippen molar-refractivity contribution in [2.45, 2.75) is 26.1 Å². The third-order valence-corrected chi connectivity index (χ3v) is 4.30. The second kappa shape index (κ2) is 10.9. The second-order valence-electron chi connectivity index (χ2n) is 6.58. The van der Waals surface area contributed by atoms with Crippen LogP contribution in [0.15, 0.2) is 76.3 Å². The Morgan fingerprint density at radius 1 is 1.00 bits per heavy atom. The molecule has 3 aromatic rings. The van der Waals surface area contributed by atoms with E-state index in [0.717, 1.165) is 23.3 Å². The number of urea groups is 1. The lowest BCUT2D eigenvalue weighted by molar-refractivity contribution is 0.104. The van der Waals surface area contributed by atoms with Crippen molar-refractivity contribution in [3.05, 3.63) is 94.3 Å². The monoisotopic (exact) mass is 395 g/mol. The first-order valence-electron chi connectivity index (χ1n) is 9.56. The fourth-order valence-electron chi connectivity index (χ4n) is 2.74. The molecule has 0 fully saturated rings. The van der Waals surface area contributed by atoms with Gasteiger partial charge in [-0.1, -0.05) is 30.3 Å². The molecule has 0 saturated carbocycles. The van der Waals surface area contributed by atoms with Gasteiger partial charge < -0.3 is 24.4 Å². The molecule has 152 valence electrons. The van der Waals surface area contributed by atoms with Crippen LogP contribution in [0, 0.1) is 0 Å². The number of carbonyl (C=O) groups excluding carboxylic acids is 1. The number of carbonyl (C=O) groups is 1. The van der Waals surface area contributed by atoms with E-state index in [1.165, 1.54) is 0 Å². The molecule has 0 saturated heterocycles. The lowest BCUT2D eigenvalue weighted by Gasteiger charge is -2.09. The minimum absolute atomic E-state index is 0.0266. The fraction of sp³-hybridized carbons (Fsp3) is 0.273. The molecule has 0 atom stereocenters. The molecule has 0 unspecified atom stereocenters. The summed E-state index contributed by atoms with van der Waals surface area (Å²) in [5, 5.41) is 5.63. The number of benzene rings is 1. The van der Waals surface area contributed by atoms with Crippen molar-refractivity contribution >= 4 is 6.03 Å². The van der Waals surface area contributed by atoms with Crippen molar-refractivity contribution < 1.29 is 13.9 Å². The number of aromatic nitrogens is 1. The van der Waals surface area contributed by atoms with Crippen molar-refractivity contribution in [2.24, 2.45) is 0 Å². The van der Waals surface area contributed by atoms with Gasteiger partial charge in [-0.2, -0.15) is 0 Å². The van der Waals surface area contributed by atoms with Crippen molar-refractivity contribution in [1.29, 1.82) is 0 Å². The van der Waals surface area contributed by atoms with E-state index in [4.69, 9.17) is 9.15 Å². The predicted octanol–water partition coefficient (Wildman–Crippen LogP) is 2.90. The van der Waals surface area contributed by atoms with E-state index in [2.05, 4.69) is 10.6 Å². The average molecular weight is 395 g/mol. The van der Waals surface area contributed by atoms with E-state index < -0.39 is 0 Å². The molecule has 0 bridgehead atoms. The van der Waals surface area contributed by atoms with Gasteiger partial charge in [-0.15, -0.1) is 0 Å². The zero-order valence-electron chi connectivity index (χ0n) is 16.2. The van der Waals surface area contributed by atoms with Crippen LogP contribution in [0.4, 0.5) is 4.79 Å². The number of nitrogens with one attached hydrogen (secondary N) is 2. The molecule has 0 aliphatic carbocycles. The van der Waals surface area contributed by atoms with Crippen molar-refractivity contribution in [2.75, 3.05) is 13.2 Å². The van der Waals surface area contributed by atoms with E-state index in [9.17, 15) is 9.59 Å². The normalized spacial score (nSPS) is 10.6. The molecule has 7 heteroatoms. The van der Waals surface area contributed by atoms with Gasteiger partial charge >= 0.3 is 6.03 Å². The van der Waals surface area contributed by atoms with Gasteiger partial charge in [0.2, 0.25) is 0 Å². The van der Waals surface area contributed by atoms with Gasteiger partial charge in [0.25, 0.3) is 5.56 Å². The van der Waals surface area contributed by atoms with Crippen molar-refractivity contribution in [1.82, 2.24) is 15.2 Å². The first kappa shape index (κ1) is 20.4. The highest BCUT2D eigenvalue weighted by Crippen LogP contribution is 2.06. The maximum atomic E-state index is 11.9. The maximum Gasteiger partial charge on any atom is 0.315 e. The molecule has 0 radical (unpaired) electrons. The third-order valence-electron chi connectivity index (χ3n) is 4.30. The number of ether oxygens (including phenoxy) is 1. The zero-order valence-corrected chi connectivity index (χ0v) is 16.2. The van der Waals surface area contributed by atoms with Crippen LogP contribution in [0.1, 0.15) is 23.3 Å². The molecule has 0 aliphatic heterocycles. The summed E-state index contributed by atoms with van der Waals surface area (Å²) in [6.07, 6.45) is 4.11.